The average Bonchev–Trinajstić information content (AvgIpc) is 2.61. The minimum atomic E-state index is -0.679. The van der Waals surface area contributed by atoms with Gasteiger partial charge < -0.3 is 19.0 Å². The molecule has 0 spiro atoms. The van der Waals surface area contributed by atoms with Gasteiger partial charge in [0.15, 0.2) is 0 Å². The first kappa shape index (κ1) is 21.2. The maximum absolute atomic E-state index is 11.9. The molecule has 0 aliphatic heterocycles. The normalized spacial score (nSPS) is 12.0. The first-order valence-electron chi connectivity index (χ1n) is 7.92. The standard InChI is InChI=1S/C19H25NO6/c1-12(20-26-18(22)19(2,3)4)17-13(8-9-16(21)25-7)10-14(23-5)11-15(17)24-6/h8-11H,1-7H3/b9-8+,20-12+. The van der Waals surface area contributed by atoms with Gasteiger partial charge in [0.1, 0.15) is 11.5 Å². The predicted molar refractivity (Wildman–Crippen MR) is 98.4 cm³/mol. The van der Waals surface area contributed by atoms with Crippen molar-refractivity contribution in [1.82, 2.24) is 0 Å². The molecule has 0 atom stereocenters. The number of hydrogen-bond donors (Lipinski definition) is 0. The van der Waals surface area contributed by atoms with Crippen LogP contribution >= 0.6 is 0 Å². The number of methoxy groups -OCH3 is 3. The van der Waals surface area contributed by atoms with Gasteiger partial charge in [-0.05, 0) is 45.4 Å². The molecule has 1 aromatic carbocycles. The number of oxime groups is 1. The number of carbonyl (C=O) groups excluding carboxylic acids is 2. The van der Waals surface area contributed by atoms with Crippen molar-refractivity contribution in [3.63, 3.8) is 0 Å². The van der Waals surface area contributed by atoms with Gasteiger partial charge in [0.05, 0.1) is 32.5 Å². The Kier molecular flexibility index (Phi) is 7.37. The Morgan fingerprint density at radius 3 is 2.23 bits per heavy atom. The number of rotatable bonds is 6. The summed E-state index contributed by atoms with van der Waals surface area (Å²) in [7, 11) is 4.31. The molecule has 0 amide bonds. The van der Waals surface area contributed by atoms with Gasteiger partial charge in [0.25, 0.3) is 0 Å². The molecule has 0 saturated carbocycles. The van der Waals surface area contributed by atoms with Crippen LogP contribution in [0.5, 0.6) is 11.5 Å². The van der Waals surface area contributed by atoms with E-state index in [0.29, 0.717) is 28.3 Å². The number of nitrogens with zero attached hydrogens (tertiary/aromatic N) is 1. The van der Waals surface area contributed by atoms with Gasteiger partial charge in [-0.1, -0.05) is 5.16 Å². The minimum absolute atomic E-state index is 0.409. The molecule has 0 unspecified atom stereocenters. The first-order chi connectivity index (χ1) is 12.1. The molecule has 0 fully saturated rings. The number of carbonyl (C=O) groups is 2. The smallest absolute Gasteiger partial charge is 0.340 e. The summed E-state index contributed by atoms with van der Waals surface area (Å²) in [6.07, 6.45) is 2.82. The van der Waals surface area contributed by atoms with E-state index >= 15 is 0 Å². The third-order valence-electron chi connectivity index (χ3n) is 3.40. The highest BCUT2D eigenvalue weighted by atomic mass is 16.7. The van der Waals surface area contributed by atoms with Gasteiger partial charge in [-0.3, -0.25) is 0 Å². The quantitative estimate of drug-likeness (QED) is 0.254. The summed E-state index contributed by atoms with van der Waals surface area (Å²) in [6.45, 7) is 6.88. The van der Waals surface area contributed by atoms with Crippen LogP contribution in [-0.4, -0.2) is 39.0 Å². The second-order valence-electron chi connectivity index (χ2n) is 6.46. The van der Waals surface area contributed by atoms with Crippen LogP contribution in [0.2, 0.25) is 0 Å². The zero-order valence-corrected chi connectivity index (χ0v) is 16.2. The minimum Gasteiger partial charge on any atom is -0.497 e. The molecule has 7 nitrogen and oxygen atoms in total. The van der Waals surface area contributed by atoms with E-state index in [1.165, 1.54) is 27.4 Å². The van der Waals surface area contributed by atoms with Gasteiger partial charge in [-0.15, -0.1) is 0 Å². The van der Waals surface area contributed by atoms with Crippen LogP contribution in [0.3, 0.4) is 0 Å². The Labute approximate surface area is 153 Å². The lowest BCUT2D eigenvalue weighted by molar-refractivity contribution is -0.152. The van der Waals surface area contributed by atoms with Crippen LogP contribution in [0.4, 0.5) is 0 Å². The van der Waals surface area contributed by atoms with Crippen LogP contribution in [0, 0.1) is 5.41 Å². The van der Waals surface area contributed by atoms with Crippen molar-refractivity contribution in [2.24, 2.45) is 10.6 Å². The van der Waals surface area contributed by atoms with Crippen LogP contribution < -0.4 is 9.47 Å². The van der Waals surface area contributed by atoms with Gasteiger partial charge in [-0.25, -0.2) is 9.59 Å². The number of ether oxygens (including phenoxy) is 3. The Morgan fingerprint density at radius 2 is 1.73 bits per heavy atom. The summed E-state index contributed by atoms with van der Waals surface area (Å²) in [5.41, 5.74) is 0.892. The van der Waals surface area contributed by atoms with E-state index in [1.54, 1.807) is 45.9 Å². The van der Waals surface area contributed by atoms with Crippen molar-refractivity contribution in [1.29, 1.82) is 0 Å². The van der Waals surface area contributed by atoms with E-state index in [9.17, 15) is 9.59 Å². The van der Waals surface area contributed by atoms with Gasteiger partial charge in [0, 0.05) is 17.7 Å². The molecular formula is C19H25NO6. The van der Waals surface area contributed by atoms with E-state index in [-0.39, 0.29) is 0 Å². The van der Waals surface area contributed by atoms with Gasteiger partial charge in [0.2, 0.25) is 0 Å². The average molecular weight is 363 g/mol. The monoisotopic (exact) mass is 363 g/mol. The maximum Gasteiger partial charge on any atom is 0.340 e. The Morgan fingerprint density at radius 1 is 1.08 bits per heavy atom. The second-order valence-corrected chi connectivity index (χ2v) is 6.46. The van der Waals surface area contributed by atoms with E-state index in [4.69, 9.17) is 14.3 Å². The Balaban J connectivity index is 3.39. The molecule has 7 heteroatoms. The SMILES string of the molecule is COC(=O)/C=C/c1cc(OC)cc(OC)c1/C(C)=N/OC(=O)C(C)(C)C. The van der Waals surface area contributed by atoms with E-state index in [1.807, 2.05) is 0 Å². The Bertz CT molecular complexity index is 728. The van der Waals surface area contributed by atoms with Crippen molar-refractivity contribution in [2.75, 3.05) is 21.3 Å². The molecule has 0 radical (unpaired) electrons. The summed E-state index contributed by atoms with van der Waals surface area (Å²) in [4.78, 5) is 28.4. The van der Waals surface area contributed by atoms with E-state index < -0.39 is 17.4 Å². The Hall–Kier alpha value is -2.83. The summed E-state index contributed by atoms with van der Waals surface area (Å²) >= 11 is 0. The number of hydrogen-bond acceptors (Lipinski definition) is 7. The van der Waals surface area contributed by atoms with Crippen LogP contribution in [0.25, 0.3) is 6.08 Å². The zero-order chi connectivity index (χ0) is 19.9. The lowest BCUT2D eigenvalue weighted by Gasteiger charge is -2.15. The molecule has 142 valence electrons. The molecule has 0 aliphatic rings. The highest BCUT2D eigenvalue weighted by molar-refractivity contribution is 6.05. The molecule has 0 aromatic heterocycles. The fourth-order valence-electron chi connectivity index (χ4n) is 1.93. The highest BCUT2D eigenvalue weighted by Gasteiger charge is 2.24. The van der Waals surface area contributed by atoms with Crippen molar-refractivity contribution in [3.8, 4) is 11.5 Å². The largest absolute Gasteiger partial charge is 0.497 e. The van der Waals surface area contributed by atoms with E-state index in [2.05, 4.69) is 9.89 Å². The molecule has 0 bridgehead atoms. The molecule has 1 rings (SSSR count). The fraction of sp³-hybridized carbons (Fsp3) is 0.421. The summed E-state index contributed by atoms with van der Waals surface area (Å²) in [5, 5.41) is 3.93. The summed E-state index contributed by atoms with van der Waals surface area (Å²) < 4.78 is 15.3. The summed E-state index contributed by atoms with van der Waals surface area (Å²) in [5.74, 6) is 0.0268. The van der Waals surface area contributed by atoms with Crippen LogP contribution in [0.15, 0.2) is 23.4 Å². The lowest BCUT2D eigenvalue weighted by atomic mass is 9.98. The summed E-state index contributed by atoms with van der Waals surface area (Å²) in [6, 6.07) is 3.39. The van der Waals surface area contributed by atoms with Crippen molar-refractivity contribution in [2.45, 2.75) is 27.7 Å². The number of benzene rings is 1. The molecular weight excluding hydrogens is 338 g/mol. The fourth-order valence-corrected chi connectivity index (χ4v) is 1.93. The number of esters is 1. The van der Waals surface area contributed by atoms with Crippen molar-refractivity contribution >= 4 is 23.7 Å². The molecule has 0 heterocycles. The molecule has 0 saturated heterocycles. The molecule has 1 aromatic rings. The third kappa shape index (κ3) is 5.61. The molecule has 0 aliphatic carbocycles. The zero-order valence-electron chi connectivity index (χ0n) is 16.2. The van der Waals surface area contributed by atoms with Crippen LogP contribution in [0.1, 0.15) is 38.8 Å². The molecule has 0 N–H and O–H groups in total. The third-order valence-corrected chi connectivity index (χ3v) is 3.40. The lowest BCUT2D eigenvalue weighted by Crippen LogP contribution is -2.21. The van der Waals surface area contributed by atoms with Crippen molar-refractivity contribution in [3.05, 3.63) is 29.3 Å². The maximum atomic E-state index is 11.9. The highest BCUT2D eigenvalue weighted by Crippen LogP contribution is 2.30. The topological polar surface area (TPSA) is 83.4 Å². The van der Waals surface area contributed by atoms with E-state index in [0.717, 1.165) is 0 Å². The van der Waals surface area contributed by atoms with Gasteiger partial charge in [-0.2, -0.15) is 0 Å². The predicted octanol–water partition coefficient (Wildman–Crippen LogP) is 3.20. The van der Waals surface area contributed by atoms with Crippen molar-refractivity contribution < 1.29 is 28.6 Å². The first-order valence-corrected chi connectivity index (χ1v) is 7.92. The second kappa shape index (κ2) is 9.03. The van der Waals surface area contributed by atoms with Crippen LogP contribution in [-0.2, 0) is 19.2 Å². The molecule has 26 heavy (non-hydrogen) atoms. The van der Waals surface area contributed by atoms with Gasteiger partial charge >= 0.3 is 11.9 Å².